The second kappa shape index (κ2) is 7.42. The van der Waals surface area contributed by atoms with Gasteiger partial charge < -0.3 is 14.3 Å². The number of benzene rings is 2. The topological polar surface area (TPSA) is 39.7 Å². The lowest BCUT2D eigenvalue weighted by atomic mass is 10.3. The van der Waals surface area contributed by atoms with E-state index >= 15 is 0 Å². The zero-order chi connectivity index (χ0) is 14.2. The molecule has 0 aliphatic heterocycles. The molecule has 0 saturated heterocycles. The average Bonchev–Trinajstić information content (AvgIpc) is 2.47. The molecular weight excluding hydrogens is 294 g/mol. The Balaban J connectivity index is 1.75. The molecular formula is C14H11NO3S2. The van der Waals surface area contributed by atoms with Crippen LogP contribution in [0.2, 0.25) is 0 Å². The number of thiocarbonyl (C=S) groups is 2. The number of hydrogen-bond donors (Lipinski definition) is 1. The van der Waals surface area contributed by atoms with Gasteiger partial charge in [0.2, 0.25) is 0 Å². The van der Waals surface area contributed by atoms with E-state index in [1.807, 2.05) is 36.4 Å². The minimum atomic E-state index is -0.102. The lowest BCUT2D eigenvalue weighted by Crippen LogP contribution is -2.30. The highest BCUT2D eigenvalue weighted by atomic mass is 32.1. The van der Waals surface area contributed by atoms with Crippen LogP contribution in [0.15, 0.2) is 60.7 Å². The predicted octanol–water partition coefficient (Wildman–Crippen LogP) is 3.24. The van der Waals surface area contributed by atoms with E-state index in [0.717, 1.165) is 0 Å². The quantitative estimate of drug-likeness (QED) is 0.678. The maximum Gasteiger partial charge on any atom is 0.382 e. The van der Waals surface area contributed by atoms with Crippen LogP contribution in [0.25, 0.3) is 0 Å². The molecule has 0 aromatic heterocycles. The molecule has 0 amide bonds. The van der Waals surface area contributed by atoms with Gasteiger partial charge >= 0.3 is 5.24 Å². The van der Waals surface area contributed by atoms with Crippen LogP contribution in [0.1, 0.15) is 0 Å². The first-order valence-corrected chi connectivity index (χ1v) is 6.52. The fraction of sp³-hybridized carbons (Fsp3) is 0. The summed E-state index contributed by atoms with van der Waals surface area (Å²) in [5.41, 5.74) is 2.39. The smallest absolute Gasteiger partial charge is 0.382 e. The van der Waals surface area contributed by atoms with E-state index in [9.17, 15) is 0 Å². The molecule has 0 aliphatic carbocycles. The molecule has 4 nitrogen and oxygen atoms in total. The third-order valence-electron chi connectivity index (χ3n) is 2.12. The zero-order valence-corrected chi connectivity index (χ0v) is 11.9. The molecule has 0 saturated carbocycles. The van der Waals surface area contributed by atoms with E-state index in [4.69, 9.17) is 38.7 Å². The van der Waals surface area contributed by atoms with Gasteiger partial charge in [-0.15, -0.1) is 0 Å². The van der Waals surface area contributed by atoms with Crippen LogP contribution in [0, 0.1) is 0 Å². The summed E-state index contributed by atoms with van der Waals surface area (Å²) in [6.07, 6.45) is 0. The van der Waals surface area contributed by atoms with Crippen LogP contribution < -0.4 is 15.0 Å². The summed E-state index contributed by atoms with van der Waals surface area (Å²) in [5, 5.41) is -0.0644. The highest BCUT2D eigenvalue weighted by molar-refractivity contribution is 7.80. The maximum atomic E-state index is 5.30. The Bertz CT molecular complexity index is 522. The second-order valence-corrected chi connectivity index (χ2v) is 4.28. The molecule has 0 fully saturated rings. The number of rotatable bonds is 2. The highest BCUT2D eigenvalue weighted by Gasteiger charge is 2.04. The van der Waals surface area contributed by atoms with Gasteiger partial charge in [-0.05, 0) is 36.5 Å². The lowest BCUT2D eigenvalue weighted by Gasteiger charge is -2.10. The Morgan fingerprint density at radius 3 is 1.80 bits per heavy atom. The van der Waals surface area contributed by atoms with Crippen molar-refractivity contribution < 1.29 is 14.3 Å². The SMILES string of the molecule is S=C(NOC(=S)Oc1ccccc1)Oc1ccccc1. The van der Waals surface area contributed by atoms with E-state index in [-0.39, 0.29) is 10.4 Å². The largest absolute Gasteiger partial charge is 0.430 e. The molecule has 2 aromatic rings. The van der Waals surface area contributed by atoms with Crippen LogP contribution >= 0.6 is 24.4 Å². The van der Waals surface area contributed by atoms with Crippen LogP contribution in [0.4, 0.5) is 0 Å². The Morgan fingerprint density at radius 2 is 1.25 bits per heavy atom. The second-order valence-electron chi connectivity index (χ2n) is 3.57. The summed E-state index contributed by atoms with van der Waals surface area (Å²) < 4.78 is 10.5. The number of nitrogens with one attached hydrogen (secondary N) is 1. The van der Waals surface area contributed by atoms with Crippen molar-refractivity contribution in [3.05, 3.63) is 60.7 Å². The van der Waals surface area contributed by atoms with Crippen LogP contribution in [-0.2, 0) is 4.84 Å². The van der Waals surface area contributed by atoms with Gasteiger partial charge in [0.15, 0.2) is 0 Å². The zero-order valence-electron chi connectivity index (χ0n) is 10.3. The summed E-state index contributed by atoms with van der Waals surface area (Å²) in [6.45, 7) is 0. The molecule has 0 unspecified atom stereocenters. The van der Waals surface area contributed by atoms with Gasteiger partial charge in [-0.3, -0.25) is 0 Å². The van der Waals surface area contributed by atoms with Crippen molar-refractivity contribution in [2.24, 2.45) is 0 Å². The first-order chi connectivity index (χ1) is 9.74. The van der Waals surface area contributed by atoms with E-state index in [1.54, 1.807) is 24.3 Å². The average molecular weight is 305 g/mol. The number of ether oxygens (including phenoxy) is 2. The number of para-hydroxylation sites is 2. The van der Waals surface area contributed by atoms with Crippen molar-refractivity contribution in [3.63, 3.8) is 0 Å². The third kappa shape index (κ3) is 4.83. The van der Waals surface area contributed by atoms with Gasteiger partial charge in [-0.1, -0.05) is 36.4 Å². The van der Waals surface area contributed by atoms with Gasteiger partial charge in [0.1, 0.15) is 11.5 Å². The van der Waals surface area contributed by atoms with Crippen molar-refractivity contribution in [2.45, 2.75) is 0 Å². The van der Waals surface area contributed by atoms with E-state index < -0.39 is 0 Å². The number of hydrogen-bond acceptors (Lipinski definition) is 5. The Hall–Kier alpha value is -2.18. The minimum Gasteiger partial charge on any atom is -0.430 e. The molecule has 0 radical (unpaired) electrons. The fourth-order valence-electron chi connectivity index (χ4n) is 1.31. The summed E-state index contributed by atoms with van der Waals surface area (Å²) in [6, 6.07) is 18.1. The van der Waals surface area contributed by atoms with Crippen molar-refractivity contribution in [1.29, 1.82) is 0 Å². The molecule has 0 spiro atoms. The van der Waals surface area contributed by atoms with E-state index in [1.165, 1.54) is 0 Å². The molecule has 2 aromatic carbocycles. The van der Waals surface area contributed by atoms with Gasteiger partial charge in [0, 0.05) is 12.2 Å². The van der Waals surface area contributed by atoms with Gasteiger partial charge in [0.25, 0.3) is 5.17 Å². The van der Waals surface area contributed by atoms with E-state index in [2.05, 4.69) is 5.48 Å². The van der Waals surface area contributed by atoms with Gasteiger partial charge in [-0.25, -0.2) is 0 Å². The molecule has 2 rings (SSSR count). The Labute approximate surface area is 127 Å². The standard InChI is InChI=1S/C14H11NO3S2/c19-13(16-11-7-3-1-4-8-11)15-18-14(20)17-12-9-5-2-6-10-12/h1-10H,(H,15,19). The molecule has 0 atom stereocenters. The van der Waals surface area contributed by atoms with Crippen molar-refractivity contribution in [3.8, 4) is 11.5 Å². The Morgan fingerprint density at radius 1 is 0.750 bits per heavy atom. The van der Waals surface area contributed by atoms with Crippen molar-refractivity contribution in [1.82, 2.24) is 5.48 Å². The summed E-state index contributed by atoms with van der Waals surface area (Å²) >= 11 is 9.84. The molecule has 20 heavy (non-hydrogen) atoms. The summed E-state index contributed by atoms with van der Waals surface area (Å²) in [5.74, 6) is 1.18. The first kappa shape index (κ1) is 14.2. The third-order valence-corrected chi connectivity index (χ3v) is 2.45. The summed E-state index contributed by atoms with van der Waals surface area (Å²) in [7, 11) is 0. The van der Waals surface area contributed by atoms with Crippen molar-refractivity contribution >= 4 is 34.8 Å². The molecule has 0 bridgehead atoms. The molecule has 0 aliphatic rings. The lowest BCUT2D eigenvalue weighted by molar-refractivity contribution is 0.187. The normalized spacial score (nSPS) is 9.40. The fourth-order valence-corrected chi connectivity index (χ4v) is 1.58. The molecule has 6 heteroatoms. The molecule has 102 valence electrons. The highest BCUT2D eigenvalue weighted by Crippen LogP contribution is 2.10. The van der Waals surface area contributed by atoms with Crippen molar-refractivity contribution in [2.75, 3.05) is 0 Å². The van der Waals surface area contributed by atoms with Crippen LogP contribution in [0.5, 0.6) is 11.5 Å². The maximum absolute atomic E-state index is 5.30. The monoisotopic (exact) mass is 305 g/mol. The van der Waals surface area contributed by atoms with Gasteiger partial charge in [-0.2, -0.15) is 5.48 Å². The van der Waals surface area contributed by atoms with Crippen LogP contribution in [-0.4, -0.2) is 10.4 Å². The molecule has 0 heterocycles. The first-order valence-electron chi connectivity index (χ1n) is 5.70. The number of hydroxylamine groups is 1. The van der Waals surface area contributed by atoms with Gasteiger partial charge in [0.05, 0.1) is 0 Å². The minimum absolute atomic E-state index is 0.0372. The van der Waals surface area contributed by atoms with Crippen LogP contribution in [0.3, 0.4) is 0 Å². The summed E-state index contributed by atoms with van der Waals surface area (Å²) in [4.78, 5) is 4.97. The Kier molecular flexibility index (Phi) is 5.28. The molecule has 1 N–H and O–H groups in total. The predicted molar refractivity (Wildman–Crippen MR) is 83.6 cm³/mol. The van der Waals surface area contributed by atoms with E-state index in [0.29, 0.717) is 11.5 Å².